The zero-order valence-corrected chi connectivity index (χ0v) is 11.7. The molecule has 3 aromatic rings. The molecule has 0 N–H and O–H groups in total. The van der Waals surface area contributed by atoms with E-state index in [0.29, 0.717) is 5.52 Å². The first-order valence-corrected chi connectivity index (χ1v) is 6.76. The van der Waals surface area contributed by atoms with Gasteiger partial charge >= 0.3 is 6.09 Å². The second-order valence-electron chi connectivity index (χ2n) is 5.22. The number of hydrogen-bond acceptors (Lipinski definition) is 5. The number of carbonyl (C=O) groups is 1. The van der Waals surface area contributed by atoms with Gasteiger partial charge in [0.1, 0.15) is 17.4 Å². The molecule has 0 aromatic carbocycles. The molecule has 0 spiro atoms. The van der Waals surface area contributed by atoms with Crippen LogP contribution in [0.4, 0.5) is 4.79 Å². The number of hydrogen-bond donors (Lipinski definition) is 0. The quantitative estimate of drug-likeness (QED) is 0.630. The Morgan fingerprint density at radius 2 is 2.16 bits per heavy atom. The monoisotopic (exact) mass is 275 g/mol. The number of carbonyl (C=O) groups excluding carboxylic acids is 1. The van der Waals surface area contributed by atoms with Crippen LogP contribution in [0.3, 0.4) is 0 Å². The Balaban J connectivity index is 2.12. The van der Waals surface area contributed by atoms with E-state index in [2.05, 4.69) is 9.97 Å². The van der Waals surface area contributed by atoms with E-state index in [-0.39, 0.29) is 0 Å². The predicted molar refractivity (Wildman–Crippen MR) is 74.5 cm³/mol. The third kappa shape index (κ3) is 2.08. The van der Waals surface area contributed by atoms with Crippen molar-refractivity contribution >= 4 is 38.7 Å². The summed E-state index contributed by atoms with van der Waals surface area (Å²) in [5.74, 6) is 0. The second-order valence-corrected chi connectivity index (χ2v) is 6.14. The van der Waals surface area contributed by atoms with E-state index >= 15 is 0 Å². The predicted octanol–water partition coefficient (Wildman–Crippen LogP) is 3.43. The maximum absolute atomic E-state index is 12.1. The van der Waals surface area contributed by atoms with Gasteiger partial charge in [-0.25, -0.2) is 14.3 Å². The molecule has 0 bridgehead atoms. The van der Waals surface area contributed by atoms with E-state index in [1.807, 2.05) is 32.2 Å². The highest BCUT2D eigenvalue weighted by Crippen LogP contribution is 2.27. The molecule has 0 aliphatic carbocycles. The van der Waals surface area contributed by atoms with Crippen LogP contribution in [0.2, 0.25) is 0 Å². The Labute approximate surface area is 113 Å². The summed E-state index contributed by atoms with van der Waals surface area (Å²) in [4.78, 5) is 20.7. The minimum Gasteiger partial charge on any atom is -0.443 e. The van der Waals surface area contributed by atoms with Crippen molar-refractivity contribution in [1.29, 1.82) is 0 Å². The molecule has 0 aliphatic rings. The van der Waals surface area contributed by atoms with Crippen molar-refractivity contribution in [3.63, 3.8) is 0 Å². The number of pyridine rings is 1. The average molecular weight is 275 g/mol. The summed E-state index contributed by atoms with van der Waals surface area (Å²) in [6.45, 7) is 5.50. The van der Waals surface area contributed by atoms with Crippen molar-refractivity contribution in [2.75, 3.05) is 0 Å². The molecule has 0 amide bonds. The zero-order chi connectivity index (χ0) is 13.6. The topological polar surface area (TPSA) is 57.0 Å². The first kappa shape index (κ1) is 12.1. The number of thiophene rings is 1. The molecular weight excluding hydrogens is 262 g/mol. The van der Waals surface area contributed by atoms with Gasteiger partial charge in [-0.1, -0.05) is 0 Å². The van der Waals surface area contributed by atoms with E-state index in [0.717, 1.165) is 15.7 Å². The van der Waals surface area contributed by atoms with Gasteiger partial charge in [-0.15, -0.1) is 11.3 Å². The molecule has 3 rings (SSSR count). The lowest BCUT2D eigenvalue weighted by Crippen LogP contribution is -2.26. The molecule has 3 aromatic heterocycles. The maximum atomic E-state index is 12.1. The summed E-state index contributed by atoms with van der Waals surface area (Å²) in [5, 5.41) is 1.96. The van der Waals surface area contributed by atoms with Gasteiger partial charge in [0.2, 0.25) is 0 Å². The van der Waals surface area contributed by atoms with Crippen molar-refractivity contribution in [2.24, 2.45) is 0 Å². The zero-order valence-electron chi connectivity index (χ0n) is 10.9. The lowest BCUT2D eigenvalue weighted by Gasteiger charge is -2.19. The largest absolute Gasteiger partial charge is 0.443 e. The molecule has 0 saturated heterocycles. The first-order chi connectivity index (χ1) is 8.96. The third-order valence-electron chi connectivity index (χ3n) is 2.58. The highest BCUT2D eigenvalue weighted by Gasteiger charge is 2.20. The van der Waals surface area contributed by atoms with Crippen LogP contribution >= 0.6 is 11.3 Å². The Morgan fingerprint density at radius 1 is 1.37 bits per heavy atom. The van der Waals surface area contributed by atoms with Gasteiger partial charge in [0, 0.05) is 0 Å². The Hall–Kier alpha value is -1.95. The number of fused-ring (bicyclic) bond motifs is 3. The highest BCUT2D eigenvalue weighted by atomic mass is 32.1. The Morgan fingerprint density at radius 3 is 2.89 bits per heavy atom. The molecule has 0 radical (unpaired) electrons. The number of nitrogens with zero attached hydrogens (tertiary/aromatic N) is 3. The van der Waals surface area contributed by atoms with Gasteiger partial charge in [0.15, 0.2) is 0 Å². The molecular formula is C13H13N3O2S. The second kappa shape index (κ2) is 4.03. The van der Waals surface area contributed by atoms with Crippen molar-refractivity contribution in [2.45, 2.75) is 26.4 Å². The van der Waals surface area contributed by atoms with Crippen LogP contribution in [0.5, 0.6) is 0 Å². The molecule has 6 heteroatoms. The molecule has 19 heavy (non-hydrogen) atoms. The van der Waals surface area contributed by atoms with Crippen LogP contribution in [0.1, 0.15) is 20.8 Å². The highest BCUT2D eigenvalue weighted by molar-refractivity contribution is 7.18. The van der Waals surface area contributed by atoms with Crippen molar-refractivity contribution in [1.82, 2.24) is 14.5 Å². The lowest BCUT2D eigenvalue weighted by atomic mass is 10.2. The van der Waals surface area contributed by atoms with Crippen LogP contribution in [-0.4, -0.2) is 26.2 Å². The maximum Gasteiger partial charge on any atom is 0.420 e. The van der Waals surface area contributed by atoms with Gasteiger partial charge in [-0.2, -0.15) is 0 Å². The molecule has 3 heterocycles. The fourth-order valence-electron chi connectivity index (χ4n) is 1.82. The third-order valence-corrected chi connectivity index (χ3v) is 3.49. The molecule has 0 aliphatic heterocycles. The molecule has 0 unspecified atom stereocenters. The lowest BCUT2D eigenvalue weighted by molar-refractivity contribution is 0.0543. The van der Waals surface area contributed by atoms with E-state index in [4.69, 9.17) is 4.74 Å². The molecule has 5 nitrogen and oxygen atoms in total. The van der Waals surface area contributed by atoms with Gasteiger partial charge in [0.05, 0.1) is 21.9 Å². The van der Waals surface area contributed by atoms with Crippen LogP contribution in [-0.2, 0) is 4.74 Å². The van der Waals surface area contributed by atoms with Crippen LogP contribution in [0.25, 0.3) is 21.3 Å². The van der Waals surface area contributed by atoms with Crippen molar-refractivity contribution < 1.29 is 9.53 Å². The number of aromatic nitrogens is 3. The summed E-state index contributed by atoms with van der Waals surface area (Å²) in [6, 6.07) is 1.94. The number of ether oxygens (including phenoxy) is 1. The average Bonchev–Trinajstić information content (AvgIpc) is 2.92. The van der Waals surface area contributed by atoms with Gasteiger partial charge in [-0.05, 0) is 32.2 Å². The van der Waals surface area contributed by atoms with Gasteiger partial charge < -0.3 is 4.74 Å². The fourth-order valence-corrected chi connectivity index (χ4v) is 2.67. The van der Waals surface area contributed by atoms with Crippen LogP contribution < -0.4 is 0 Å². The van der Waals surface area contributed by atoms with E-state index in [1.165, 1.54) is 10.9 Å². The molecule has 98 valence electrons. The summed E-state index contributed by atoms with van der Waals surface area (Å²) in [5.41, 5.74) is 1.82. The van der Waals surface area contributed by atoms with Gasteiger partial charge in [0.25, 0.3) is 0 Å². The van der Waals surface area contributed by atoms with Crippen LogP contribution in [0.15, 0.2) is 24.0 Å². The van der Waals surface area contributed by atoms with E-state index < -0.39 is 11.7 Å². The van der Waals surface area contributed by atoms with Gasteiger partial charge in [-0.3, -0.25) is 4.98 Å². The Bertz CT molecular complexity index is 767. The molecule has 0 atom stereocenters. The minimum atomic E-state index is -0.534. The summed E-state index contributed by atoms with van der Waals surface area (Å²) in [6.07, 6.45) is 2.70. The van der Waals surface area contributed by atoms with Crippen LogP contribution in [0, 0.1) is 0 Å². The molecule has 0 fully saturated rings. The summed E-state index contributed by atoms with van der Waals surface area (Å²) >= 11 is 1.56. The first-order valence-electron chi connectivity index (χ1n) is 5.88. The van der Waals surface area contributed by atoms with Crippen molar-refractivity contribution in [3.05, 3.63) is 24.0 Å². The number of imidazole rings is 1. The van der Waals surface area contributed by atoms with E-state index in [9.17, 15) is 4.79 Å². The van der Waals surface area contributed by atoms with Crippen molar-refractivity contribution in [3.8, 4) is 0 Å². The van der Waals surface area contributed by atoms with E-state index in [1.54, 1.807) is 17.5 Å². The summed E-state index contributed by atoms with van der Waals surface area (Å²) < 4.78 is 7.72. The minimum absolute atomic E-state index is 0.437. The number of rotatable bonds is 0. The summed E-state index contributed by atoms with van der Waals surface area (Å²) in [7, 11) is 0. The standard InChI is InChI=1S/C13H13N3O2S/c1-13(2,3)18-12(17)16-7-15-10-9(16)6-14-8-4-5-19-11(8)10/h4-7H,1-3H3. The molecule has 0 saturated carbocycles. The SMILES string of the molecule is CC(C)(C)OC(=O)n1cnc2c3sccc3ncc21. The fraction of sp³-hybridized carbons (Fsp3) is 0.308. The normalized spacial score (nSPS) is 12.2. The Kier molecular flexibility index (Phi) is 2.56. The smallest absolute Gasteiger partial charge is 0.420 e.